The van der Waals surface area contributed by atoms with Crippen LogP contribution in [-0.4, -0.2) is 31.8 Å². The van der Waals surface area contributed by atoms with Gasteiger partial charge in [0.1, 0.15) is 5.82 Å². The van der Waals surface area contributed by atoms with Gasteiger partial charge in [-0.15, -0.1) is 5.10 Å². The first-order valence-electron chi connectivity index (χ1n) is 7.37. The number of carbonyl (C=O) groups is 1. The molecule has 0 bridgehead atoms. The van der Waals surface area contributed by atoms with E-state index in [1.165, 1.54) is 30.3 Å². The number of halogens is 1. The number of benzene rings is 2. The number of amides is 1. The molecule has 132 valence electrons. The molecule has 0 unspecified atom stereocenters. The standard InChI is InChI=1S/C16H12FN5O3S/c17-13-4-2-1-3-12(13)15-19-16(21-20-15)26-9-14(23)18-10-5-7-11(8-6-10)22(24)25/h1-8H,9H2,(H,18,23)(H,19,20,21). The molecule has 0 saturated carbocycles. The van der Waals surface area contributed by atoms with Gasteiger partial charge in [0.2, 0.25) is 11.1 Å². The fourth-order valence-corrected chi connectivity index (χ4v) is 2.68. The number of rotatable bonds is 6. The molecule has 3 aromatic rings. The Kier molecular flexibility index (Phi) is 5.23. The number of nitro groups is 1. The van der Waals surface area contributed by atoms with Crippen LogP contribution in [0.5, 0.6) is 0 Å². The molecular formula is C16H12FN5O3S. The summed E-state index contributed by atoms with van der Waals surface area (Å²) in [6.07, 6.45) is 0. The molecule has 2 aromatic carbocycles. The van der Waals surface area contributed by atoms with Crippen LogP contribution in [0, 0.1) is 15.9 Å². The number of hydrogen-bond acceptors (Lipinski definition) is 6. The monoisotopic (exact) mass is 373 g/mol. The number of non-ortho nitro benzene ring substituents is 1. The van der Waals surface area contributed by atoms with Crippen LogP contribution in [0.25, 0.3) is 11.4 Å². The summed E-state index contributed by atoms with van der Waals surface area (Å²) in [5.74, 6) is -0.426. The van der Waals surface area contributed by atoms with Crippen LogP contribution < -0.4 is 5.32 Å². The van der Waals surface area contributed by atoms with Gasteiger partial charge in [-0.05, 0) is 24.3 Å². The number of anilines is 1. The third kappa shape index (κ3) is 4.22. The SMILES string of the molecule is O=C(CSc1n[nH]c(-c2ccccc2F)n1)Nc1ccc([N+](=O)[O-])cc1. The van der Waals surface area contributed by atoms with Crippen molar-refractivity contribution in [2.24, 2.45) is 0 Å². The number of aromatic amines is 1. The lowest BCUT2D eigenvalue weighted by Crippen LogP contribution is -2.14. The van der Waals surface area contributed by atoms with E-state index in [2.05, 4.69) is 20.5 Å². The minimum absolute atomic E-state index is 0.0333. The topological polar surface area (TPSA) is 114 Å². The Labute approximate surface area is 151 Å². The number of hydrogen-bond donors (Lipinski definition) is 2. The van der Waals surface area contributed by atoms with Crippen molar-refractivity contribution in [2.45, 2.75) is 5.16 Å². The minimum Gasteiger partial charge on any atom is -0.325 e. The molecule has 0 aliphatic rings. The van der Waals surface area contributed by atoms with E-state index in [9.17, 15) is 19.3 Å². The van der Waals surface area contributed by atoms with E-state index in [0.717, 1.165) is 11.8 Å². The van der Waals surface area contributed by atoms with Gasteiger partial charge in [0.15, 0.2) is 5.82 Å². The summed E-state index contributed by atoms with van der Waals surface area (Å²) in [4.78, 5) is 26.2. The van der Waals surface area contributed by atoms with E-state index in [1.54, 1.807) is 18.2 Å². The normalized spacial score (nSPS) is 10.5. The third-order valence-electron chi connectivity index (χ3n) is 3.29. The van der Waals surface area contributed by atoms with Crippen molar-refractivity contribution in [3.8, 4) is 11.4 Å². The fourth-order valence-electron chi connectivity index (χ4n) is 2.08. The van der Waals surface area contributed by atoms with Gasteiger partial charge in [0, 0.05) is 17.8 Å². The van der Waals surface area contributed by atoms with E-state index in [0.29, 0.717) is 16.4 Å². The summed E-state index contributed by atoms with van der Waals surface area (Å²) in [5, 5.41) is 20.1. The first-order chi connectivity index (χ1) is 12.5. The van der Waals surface area contributed by atoms with Gasteiger partial charge in [-0.1, -0.05) is 23.9 Å². The van der Waals surface area contributed by atoms with E-state index in [1.807, 2.05) is 0 Å². The molecule has 10 heteroatoms. The molecule has 0 atom stereocenters. The number of thioether (sulfide) groups is 1. The molecule has 8 nitrogen and oxygen atoms in total. The van der Waals surface area contributed by atoms with Crippen LogP contribution in [0.1, 0.15) is 0 Å². The average molecular weight is 373 g/mol. The predicted molar refractivity (Wildman–Crippen MR) is 94.2 cm³/mol. The van der Waals surface area contributed by atoms with Crippen LogP contribution in [0.2, 0.25) is 0 Å². The smallest absolute Gasteiger partial charge is 0.269 e. The van der Waals surface area contributed by atoms with Gasteiger partial charge in [0.05, 0.1) is 16.2 Å². The molecule has 0 aliphatic heterocycles. The highest BCUT2D eigenvalue weighted by molar-refractivity contribution is 7.99. The van der Waals surface area contributed by atoms with Crippen molar-refractivity contribution < 1.29 is 14.1 Å². The maximum atomic E-state index is 13.7. The summed E-state index contributed by atoms with van der Waals surface area (Å²) >= 11 is 1.08. The maximum Gasteiger partial charge on any atom is 0.269 e. The van der Waals surface area contributed by atoms with Crippen LogP contribution >= 0.6 is 11.8 Å². The van der Waals surface area contributed by atoms with E-state index in [4.69, 9.17) is 0 Å². The summed E-state index contributed by atoms with van der Waals surface area (Å²) in [6, 6.07) is 11.7. The van der Waals surface area contributed by atoms with Crippen LogP contribution in [0.15, 0.2) is 53.7 Å². The van der Waals surface area contributed by atoms with Gasteiger partial charge in [-0.2, -0.15) is 0 Å². The van der Waals surface area contributed by atoms with Crippen LogP contribution in [0.3, 0.4) is 0 Å². The number of carbonyl (C=O) groups excluding carboxylic acids is 1. The Hall–Kier alpha value is -3.27. The molecule has 0 saturated heterocycles. The fraction of sp³-hybridized carbons (Fsp3) is 0.0625. The van der Waals surface area contributed by atoms with Crippen molar-refractivity contribution >= 4 is 29.0 Å². The molecule has 3 rings (SSSR count). The summed E-state index contributed by atoms with van der Waals surface area (Å²) in [6.45, 7) is 0. The second kappa shape index (κ2) is 7.74. The quantitative estimate of drug-likeness (QED) is 0.389. The van der Waals surface area contributed by atoms with Crippen molar-refractivity contribution in [1.82, 2.24) is 15.2 Å². The zero-order valence-corrected chi connectivity index (χ0v) is 14.0. The molecule has 0 radical (unpaired) electrons. The number of nitrogens with zero attached hydrogens (tertiary/aromatic N) is 3. The predicted octanol–water partition coefficient (Wildman–Crippen LogP) is 3.25. The van der Waals surface area contributed by atoms with Crippen LogP contribution in [-0.2, 0) is 4.79 Å². The second-order valence-electron chi connectivity index (χ2n) is 5.09. The highest BCUT2D eigenvalue weighted by atomic mass is 32.2. The van der Waals surface area contributed by atoms with Gasteiger partial charge >= 0.3 is 0 Å². The number of aromatic nitrogens is 3. The number of H-pyrrole nitrogens is 1. The lowest BCUT2D eigenvalue weighted by molar-refractivity contribution is -0.384. The minimum atomic E-state index is -0.516. The van der Waals surface area contributed by atoms with Gasteiger partial charge in [0.25, 0.3) is 5.69 Å². The molecule has 0 aliphatic carbocycles. The van der Waals surface area contributed by atoms with E-state index >= 15 is 0 Å². The van der Waals surface area contributed by atoms with Crippen LogP contribution in [0.4, 0.5) is 15.8 Å². The first-order valence-corrected chi connectivity index (χ1v) is 8.36. The van der Waals surface area contributed by atoms with Gasteiger partial charge < -0.3 is 5.32 Å². The zero-order chi connectivity index (χ0) is 18.5. The highest BCUT2D eigenvalue weighted by Crippen LogP contribution is 2.22. The summed E-state index contributed by atoms with van der Waals surface area (Å²) in [7, 11) is 0. The van der Waals surface area contributed by atoms with E-state index < -0.39 is 10.7 Å². The summed E-state index contributed by atoms with van der Waals surface area (Å²) < 4.78 is 13.7. The lowest BCUT2D eigenvalue weighted by atomic mass is 10.2. The van der Waals surface area contributed by atoms with Crippen molar-refractivity contribution in [2.75, 3.05) is 11.1 Å². The Balaban J connectivity index is 1.56. The molecule has 1 aromatic heterocycles. The largest absolute Gasteiger partial charge is 0.325 e. The third-order valence-corrected chi connectivity index (χ3v) is 4.14. The summed E-state index contributed by atoms with van der Waals surface area (Å²) in [5.41, 5.74) is 0.684. The number of nitro benzene ring substituents is 1. The highest BCUT2D eigenvalue weighted by Gasteiger charge is 2.12. The van der Waals surface area contributed by atoms with Crippen molar-refractivity contribution in [3.63, 3.8) is 0 Å². The molecule has 0 spiro atoms. The van der Waals surface area contributed by atoms with Gasteiger partial charge in [-0.25, -0.2) is 9.37 Å². The second-order valence-corrected chi connectivity index (χ2v) is 6.03. The van der Waals surface area contributed by atoms with E-state index in [-0.39, 0.29) is 23.2 Å². The molecule has 1 amide bonds. The molecule has 0 fully saturated rings. The number of nitrogens with one attached hydrogen (secondary N) is 2. The molecule has 2 N–H and O–H groups in total. The van der Waals surface area contributed by atoms with Crippen molar-refractivity contribution in [1.29, 1.82) is 0 Å². The zero-order valence-electron chi connectivity index (χ0n) is 13.2. The Morgan fingerprint density at radius 1 is 1.23 bits per heavy atom. The Bertz CT molecular complexity index is 945. The first kappa shape index (κ1) is 17.5. The van der Waals surface area contributed by atoms with Gasteiger partial charge in [-0.3, -0.25) is 20.0 Å². The Morgan fingerprint density at radius 2 is 1.96 bits per heavy atom. The molecule has 26 heavy (non-hydrogen) atoms. The van der Waals surface area contributed by atoms with Crippen molar-refractivity contribution in [3.05, 3.63) is 64.5 Å². The lowest BCUT2D eigenvalue weighted by Gasteiger charge is -2.03. The Morgan fingerprint density at radius 3 is 2.65 bits per heavy atom. The maximum absolute atomic E-state index is 13.7. The molecular weight excluding hydrogens is 361 g/mol. The molecule has 1 heterocycles. The average Bonchev–Trinajstić information content (AvgIpc) is 3.09.